The molecule has 0 spiro atoms. The second-order valence-electron chi connectivity index (χ2n) is 6.10. The lowest BCUT2D eigenvalue weighted by Crippen LogP contribution is -2.41. The summed E-state index contributed by atoms with van der Waals surface area (Å²) >= 11 is 5.51. The quantitative estimate of drug-likeness (QED) is 0.848. The van der Waals surface area contributed by atoms with Crippen LogP contribution >= 0.6 is 12.2 Å². The van der Waals surface area contributed by atoms with E-state index in [0.29, 0.717) is 5.11 Å². The van der Waals surface area contributed by atoms with E-state index in [1.165, 1.54) is 22.3 Å². The lowest BCUT2D eigenvalue weighted by Gasteiger charge is -2.20. The molecule has 23 heavy (non-hydrogen) atoms. The number of fused-ring (bicyclic) bond motifs is 3. The van der Waals surface area contributed by atoms with E-state index >= 15 is 0 Å². The van der Waals surface area contributed by atoms with Crippen LogP contribution in [0.1, 0.15) is 30.0 Å². The predicted octanol–water partition coefficient (Wildman–Crippen LogP) is 3.40. The maximum Gasteiger partial charge on any atom is 0.167 e. The molecule has 0 unspecified atom stereocenters. The van der Waals surface area contributed by atoms with Crippen molar-refractivity contribution in [1.82, 2.24) is 10.6 Å². The van der Waals surface area contributed by atoms with Gasteiger partial charge >= 0.3 is 0 Å². The molecule has 1 atom stereocenters. The summed E-state index contributed by atoms with van der Waals surface area (Å²) in [6.07, 6.45) is 2.55. The zero-order chi connectivity index (χ0) is 15.6. The topological polar surface area (TPSA) is 33.3 Å². The second-order valence-corrected chi connectivity index (χ2v) is 6.51. The van der Waals surface area contributed by atoms with Crippen molar-refractivity contribution in [1.29, 1.82) is 0 Å². The van der Waals surface area contributed by atoms with Gasteiger partial charge in [0.15, 0.2) is 5.11 Å². The molecule has 0 saturated carbocycles. The van der Waals surface area contributed by atoms with Crippen LogP contribution in [-0.4, -0.2) is 24.4 Å². The van der Waals surface area contributed by atoms with Crippen LogP contribution in [-0.2, 0) is 4.74 Å². The Morgan fingerprint density at radius 3 is 2.30 bits per heavy atom. The highest BCUT2D eigenvalue weighted by atomic mass is 32.1. The van der Waals surface area contributed by atoms with Gasteiger partial charge in [-0.1, -0.05) is 48.5 Å². The van der Waals surface area contributed by atoms with Crippen LogP contribution in [0.2, 0.25) is 0 Å². The van der Waals surface area contributed by atoms with Crippen molar-refractivity contribution in [3.8, 4) is 11.1 Å². The minimum absolute atomic E-state index is 0.117. The molecule has 1 aliphatic heterocycles. The molecule has 0 aromatic heterocycles. The number of rotatable bonds is 3. The average molecular weight is 324 g/mol. The van der Waals surface area contributed by atoms with Gasteiger partial charge < -0.3 is 15.4 Å². The van der Waals surface area contributed by atoms with E-state index in [0.717, 1.165) is 26.0 Å². The summed E-state index contributed by atoms with van der Waals surface area (Å²) in [4.78, 5) is 0. The number of ether oxygens (including phenoxy) is 1. The largest absolute Gasteiger partial charge is 0.376 e. The molecule has 1 heterocycles. The van der Waals surface area contributed by atoms with E-state index in [4.69, 9.17) is 17.0 Å². The van der Waals surface area contributed by atoms with E-state index in [1.807, 2.05) is 0 Å². The van der Waals surface area contributed by atoms with Crippen molar-refractivity contribution in [3.63, 3.8) is 0 Å². The van der Waals surface area contributed by atoms with Gasteiger partial charge in [0.2, 0.25) is 0 Å². The van der Waals surface area contributed by atoms with E-state index in [-0.39, 0.29) is 12.1 Å². The molecule has 1 fully saturated rings. The van der Waals surface area contributed by atoms with Crippen LogP contribution < -0.4 is 10.6 Å². The molecule has 2 N–H and O–H groups in total. The van der Waals surface area contributed by atoms with Crippen molar-refractivity contribution in [2.75, 3.05) is 13.2 Å². The Balaban J connectivity index is 1.51. The molecule has 1 saturated heterocycles. The summed E-state index contributed by atoms with van der Waals surface area (Å²) in [5.41, 5.74) is 5.16. The normalized spacial score (nSPS) is 19.2. The standard InChI is InChI=1S/C19H20N2OS/c23-19(20-12-13-6-5-11-22-13)21-18-16-9-3-1-7-14(16)15-8-2-4-10-17(15)18/h1-4,7-10,13,18H,5-6,11-12H2,(H2,20,21,23)/t13-/m1/s1. The van der Waals surface area contributed by atoms with Gasteiger partial charge in [-0.05, 0) is 47.3 Å². The van der Waals surface area contributed by atoms with E-state index in [1.54, 1.807) is 0 Å². The highest BCUT2D eigenvalue weighted by Gasteiger charge is 2.28. The van der Waals surface area contributed by atoms with Crippen molar-refractivity contribution in [2.45, 2.75) is 25.0 Å². The highest BCUT2D eigenvalue weighted by Crippen LogP contribution is 2.42. The van der Waals surface area contributed by atoms with E-state index in [2.05, 4.69) is 59.2 Å². The molecular weight excluding hydrogens is 304 g/mol. The van der Waals surface area contributed by atoms with Crippen LogP contribution in [0, 0.1) is 0 Å². The first-order valence-electron chi connectivity index (χ1n) is 8.17. The van der Waals surface area contributed by atoms with Crippen LogP contribution in [0.15, 0.2) is 48.5 Å². The number of nitrogens with one attached hydrogen (secondary N) is 2. The SMILES string of the molecule is S=C(NC[C@H]1CCCO1)NC1c2ccccc2-c2ccccc21. The Hall–Kier alpha value is -1.91. The molecule has 3 nitrogen and oxygen atoms in total. The van der Waals surface area contributed by atoms with Gasteiger partial charge in [0, 0.05) is 13.2 Å². The fourth-order valence-electron chi connectivity index (χ4n) is 3.51. The fraction of sp³-hybridized carbons (Fsp3) is 0.316. The first kappa shape index (κ1) is 14.7. The highest BCUT2D eigenvalue weighted by molar-refractivity contribution is 7.80. The third-order valence-electron chi connectivity index (χ3n) is 4.62. The maximum absolute atomic E-state index is 5.64. The molecule has 118 valence electrons. The summed E-state index contributed by atoms with van der Waals surface area (Å²) in [6.45, 7) is 1.65. The lowest BCUT2D eigenvalue weighted by atomic mass is 10.1. The molecule has 2 aromatic rings. The van der Waals surface area contributed by atoms with E-state index in [9.17, 15) is 0 Å². The zero-order valence-corrected chi connectivity index (χ0v) is 13.7. The van der Waals surface area contributed by atoms with Crippen LogP contribution in [0.5, 0.6) is 0 Å². The Morgan fingerprint density at radius 1 is 1.04 bits per heavy atom. The van der Waals surface area contributed by atoms with Crippen molar-refractivity contribution < 1.29 is 4.74 Å². The van der Waals surface area contributed by atoms with Gasteiger partial charge in [0.05, 0.1) is 12.1 Å². The summed E-state index contributed by atoms with van der Waals surface area (Å²) in [6, 6.07) is 17.2. The fourth-order valence-corrected chi connectivity index (χ4v) is 3.71. The van der Waals surface area contributed by atoms with Gasteiger partial charge in [0.1, 0.15) is 0 Å². The van der Waals surface area contributed by atoms with Crippen molar-refractivity contribution in [3.05, 3.63) is 59.7 Å². The third kappa shape index (κ3) is 2.84. The third-order valence-corrected chi connectivity index (χ3v) is 4.89. The molecule has 0 amide bonds. The molecule has 0 bridgehead atoms. The molecule has 2 aliphatic rings. The second kappa shape index (κ2) is 6.30. The molecule has 0 radical (unpaired) electrons. The molecular formula is C19H20N2OS. The smallest absolute Gasteiger partial charge is 0.167 e. The van der Waals surface area contributed by atoms with Crippen LogP contribution in [0.25, 0.3) is 11.1 Å². The Morgan fingerprint density at radius 2 is 1.70 bits per heavy atom. The van der Waals surface area contributed by atoms with Gasteiger partial charge in [0.25, 0.3) is 0 Å². The first-order chi connectivity index (χ1) is 11.3. The lowest BCUT2D eigenvalue weighted by molar-refractivity contribution is 0.114. The zero-order valence-electron chi connectivity index (χ0n) is 12.9. The summed E-state index contributed by atoms with van der Waals surface area (Å²) in [7, 11) is 0. The minimum atomic E-state index is 0.117. The Kier molecular flexibility index (Phi) is 4.02. The maximum atomic E-state index is 5.64. The van der Waals surface area contributed by atoms with Gasteiger partial charge in [-0.2, -0.15) is 0 Å². The summed E-state index contributed by atoms with van der Waals surface area (Å²) in [5.74, 6) is 0. The molecule has 4 rings (SSSR count). The van der Waals surface area contributed by atoms with Crippen molar-refractivity contribution >= 4 is 17.3 Å². The van der Waals surface area contributed by atoms with E-state index < -0.39 is 0 Å². The van der Waals surface area contributed by atoms with Crippen molar-refractivity contribution in [2.24, 2.45) is 0 Å². The average Bonchev–Trinajstić information content (AvgIpc) is 3.21. The summed E-state index contributed by atoms with van der Waals surface area (Å²) in [5, 5.41) is 7.48. The number of hydrogen-bond donors (Lipinski definition) is 2. The Bertz CT molecular complexity index is 679. The number of hydrogen-bond acceptors (Lipinski definition) is 2. The number of thiocarbonyl (C=S) groups is 1. The predicted molar refractivity (Wildman–Crippen MR) is 96.4 cm³/mol. The monoisotopic (exact) mass is 324 g/mol. The molecule has 1 aliphatic carbocycles. The van der Waals surface area contributed by atoms with Crippen LogP contribution in [0.3, 0.4) is 0 Å². The van der Waals surface area contributed by atoms with Gasteiger partial charge in [-0.25, -0.2) is 0 Å². The summed E-state index contributed by atoms with van der Waals surface area (Å²) < 4.78 is 5.64. The molecule has 4 heteroatoms. The van der Waals surface area contributed by atoms with Gasteiger partial charge in [-0.3, -0.25) is 0 Å². The van der Waals surface area contributed by atoms with Crippen LogP contribution in [0.4, 0.5) is 0 Å². The minimum Gasteiger partial charge on any atom is -0.376 e. The van der Waals surface area contributed by atoms with Gasteiger partial charge in [-0.15, -0.1) is 0 Å². The number of benzene rings is 2. The first-order valence-corrected chi connectivity index (χ1v) is 8.58. The Labute approximate surface area is 142 Å². The molecule has 2 aromatic carbocycles.